The van der Waals surface area contributed by atoms with E-state index in [0.29, 0.717) is 83.8 Å². The van der Waals surface area contributed by atoms with Crippen molar-refractivity contribution >= 4 is 63.0 Å². The number of aliphatic carboxylic acids is 3. The summed E-state index contributed by atoms with van der Waals surface area (Å²) in [6.07, 6.45) is 21.5. The Hall–Kier alpha value is -4.03. The maximum atomic E-state index is 12.7. The number of carbonyl (C=O) groups is 8. The summed E-state index contributed by atoms with van der Waals surface area (Å²) in [4.78, 5) is 92.8. The number of nitrogens with one attached hydrogen (secondary N) is 7. The van der Waals surface area contributed by atoms with Crippen LogP contribution >= 0.6 is 0 Å². The number of likely N-dealkylation sites (N-methyl/N-ethyl adjacent to an activating group) is 2. The number of rotatable bonds is 44. The van der Waals surface area contributed by atoms with Gasteiger partial charge < -0.3 is 57.2 Å². The van der Waals surface area contributed by atoms with E-state index >= 15 is 0 Å². The van der Waals surface area contributed by atoms with Gasteiger partial charge in [0.1, 0.15) is 6.04 Å². The Kier molecular flexibility index (Phi) is 63.6. The molecular weight excluding hydrogens is 920 g/mol. The molecule has 0 aliphatic heterocycles. The molecule has 0 bridgehead atoms. The highest BCUT2D eigenvalue weighted by Gasteiger charge is 2.21. The summed E-state index contributed by atoms with van der Waals surface area (Å²) in [7, 11) is 13.3. The third-order valence-corrected chi connectivity index (χ3v) is 11.2. The molecule has 0 aliphatic carbocycles. The van der Waals surface area contributed by atoms with Crippen LogP contribution < -0.4 is 37.1 Å². The van der Waals surface area contributed by atoms with E-state index in [1.807, 2.05) is 41.5 Å². The minimum absolute atomic E-state index is 0.00335. The topological polar surface area (TPSA) is 281 Å². The first kappa shape index (κ1) is 76.9. The van der Waals surface area contributed by atoms with Crippen molar-refractivity contribution in [2.45, 2.75) is 252 Å². The van der Waals surface area contributed by atoms with Crippen LogP contribution in [0.2, 0.25) is 0 Å². The summed E-state index contributed by atoms with van der Waals surface area (Å²) in [6, 6.07) is -2.71. The first-order valence-corrected chi connectivity index (χ1v) is 27.5. The summed E-state index contributed by atoms with van der Waals surface area (Å²) >= 11 is 0. The van der Waals surface area contributed by atoms with Gasteiger partial charge in [-0.3, -0.25) is 28.8 Å². The Bertz CT molecular complexity index is 1350. The summed E-state index contributed by atoms with van der Waals surface area (Å²) in [6.45, 7) is 15.0. The third-order valence-electron chi connectivity index (χ3n) is 11.2. The predicted octanol–water partition coefficient (Wildman–Crippen LogP) is 6.99. The van der Waals surface area contributed by atoms with Gasteiger partial charge in [-0.25, -0.2) is 4.79 Å². The lowest BCUT2D eigenvalue weighted by Crippen LogP contribution is -2.44. The lowest BCUT2D eigenvalue weighted by atomic mass is 10.0. The molecule has 4 amide bonds. The van der Waals surface area contributed by atoms with Gasteiger partial charge in [0.25, 0.3) is 0 Å². The molecule has 0 aromatic heterocycles. The van der Waals surface area contributed by atoms with Gasteiger partial charge in [-0.2, -0.15) is 0 Å². The Morgan fingerprint density at radius 1 is 0.417 bits per heavy atom. The lowest BCUT2D eigenvalue weighted by Gasteiger charge is -2.18. The van der Waals surface area contributed by atoms with E-state index in [9.17, 15) is 43.5 Å². The number of carboxylic acids is 3. The van der Waals surface area contributed by atoms with Crippen LogP contribution in [-0.4, -0.2) is 136 Å². The summed E-state index contributed by atoms with van der Waals surface area (Å²) < 4.78 is 0. The van der Waals surface area contributed by atoms with Crippen LogP contribution in [0.1, 0.15) is 228 Å². The molecule has 4 radical (unpaired) electrons. The fourth-order valence-electron chi connectivity index (χ4n) is 6.98. The van der Waals surface area contributed by atoms with Crippen molar-refractivity contribution in [2.24, 2.45) is 0 Å². The molecule has 0 saturated heterocycles. The van der Waals surface area contributed by atoms with Crippen LogP contribution in [0.3, 0.4) is 0 Å². The molecule has 0 spiro atoms. The Labute approximate surface area is 438 Å². The zero-order valence-electron chi connectivity index (χ0n) is 46.5. The quantitative estimate of drug-likeness (QED) is 0.0218. The first-order chi connectivity index (χ1) is 34.6. The van der Waals surface area contributed by atoms with Crippen LogP contribution in [0.4, 0.5) is 0 Å². The first-order valence-electron chi connectivity index (χ1n) is 27.5. The van der Waals surface area contributed by atoms with E-state index in [1.165, 1.54) is 44.9 Å². The number of amides is 4. The van der Waals surface area contributed by atoms with E-state index in [-0.39, 0.29) is 61.0 Å². The van der Waals surface area contributed by atoms with Crippen LogP contribution in [0, 0.1) is 0 Å². The average Bonchev–Trinajstić information content (AvgIpc) is 3.37. The maximum absolute atomic E-state index is 12.7. The van der Waals surface area contributed by atoms with Gasteiger partial charge in [0.05, 0.1) is 23.8 Å². The molecular formula is C52H103B2N7O11. The maximum Gasteiger partial charge on any atom is 0.326 e. The Morgan fingerprint density at radius 3 is 1.07 bits per heavy atom. The van der Waals surface area contributed by atoms with E-state index in [1.54, 1.807) is 21.0 Å². The van der Waals surface area contributed by atoms with Gasteiger partial charge in [-0.15, -0.1) is 0 Å². The van der Waals surface area contributed by atoms with Gasteiger partial charge in [0.15, 0.2) is 15.8 Å². The van der Waals surface area contributed by atoms with Crippen molar-refractivity contribution in [1.82, 2.24) is 37.1 Å². The van der Waals surface area contributed by atoms with Crippen LogP contribution in [0.5, 0.6) is 0 Å². The molecule has 0 aromatic carbocycles. The smallest absolute Gasteiger partial charge is 0.326 e. The number of carbonyl (C=O) groups excluding carboxylic acids is 5. The molecule has 20 heteroatoms. The molecule has 418 valence electrons. The normalized spacial score (nSPS) is 11.8. The predicted molar refractivity (Wildman–Crippen MR) is 292 cm³/mol. The zero-order chi connectivity index (χ0) is 55.8. The number of hydrogen-bond acceptors (Lipinski definition) is 11. The zero-order valence-corrected chi connectivity index (χ0v) is 46.5. The van der Waals surface area contributed by atoms with Crippen molar-refractivity contribution in [3.8, 4) is 0 Å². The highest BCUT2D eigenvalue weighted by Crippen LogP contribution is 2.14. The highest BCUT2D eigenvalue weighted by molar-refractivity contribution is 6.57. The Morgan fingerprint density at radius 2 is 0.750 bits per heavy atom. The number of hydrogen-bond donors (Lipinski definition) is 10. The van der Waals surface area contributed by atoms with Gasteiger partial charge in [-0.05, 0) is 97.6 Å². The molecule has 0 aromatic rings. The molecule has 4 atom stereocenters. The van der Waals surface area contributed by atoms with Gasteiger partial charge >= 0.3 is 17.9 Å². The van der Waals surface area contributed by atoms with E-state index < -0.39 is 36.0 Å². The lowest BCUT2D eigenvalue weighted by molar-refractivity contribution is -0.142. The molecule has 0 aliphatic rings. The van der Waals surface area contributed by atoms with E-state index in [2.05, 4.69) is 45.0 Å². The number of carboxylic acid groups (broad SMARTS) is 3. The van der Waals surface area contributed by atoms with Crippen molar-refractivity contribution in [3.05, 3.63) is 0 Å². The van der Waals surface area contributed by atoms with Crippen LogP contribution in [-0.2, 0) is 38.4 Å². The molecule has 18 nitrogen and oxygen atoms in total. The molecule has 10 N–H and O–H groups in total. The molecule has 0 saturated carbocycles. The minimum atomic E-state index is -1.17. The standard InChI is InChI=1S/C43H80BN7O10.C3H5BO.3C2H6/c1-45-33(40(56)48-31-21-18-24-34(46-2)41(57)49-32-22-19-25-36(51-44)43(60)61)23-17-20-30-47-37(52)29-28-35(42(58)59)50-38(53)26-15-13-11-9-7-5-3-4-6-8-10-12-14-16-27-39(54)55;1-2-3(4)5;3*1-2/h33-36,45-46,51H,3-32H2,1-2H3,(H,47,52)(H,48,56)(H,49,57)(H,50,53)(H,54,55)(H,58,59)(H,60,61);2H2,1H3;3*1-2H3/t33-,34?,35?,36?;;;;/m0..../s1. The Balaban J connectivity index is -0.00000124. The highest BCUT2D eigenvalue weighted by atomic mass is 16.4. The monoisotopic (exact) mass is 1020 g/mol. The van der Waals surface area contributed by atoms with E-state index in [4.69, 9.17) is 18.2 Å². The summed E-state index contributed by atoms with van der Waals surface area (Å²) in [5, 5.41) is 46.7. The second kappa shape index (κ2) is 59.5. The number of unbranched alkanes of at least 4 members (excludes halogenated alkanes) is 16. The van der Waals surface area contributed by atoms with E-state index in [0.717, 1.165) is 44.9 Å². The fraction of sp³-hybridized carbons (Fsp3) is 0.846. The van der Waals surface area contributed by atoms with Crippen LogP contribution in [0.25, 0.3) is 0 Å². The third kappa shape index (κ3) is 53.8. The average molecular weight is 1020 g/mol. The molecule has 0 heterocycles. The van der Waals surface area contributed by atoms with Gasteiger partial charge in [-0.1, -0.05) is 126 Å². The fourth-order valence-corrected chi connectivity index (χ4v) is 6.98. The van der Waals surface area contributed by atoms with Crippen LogP contribution in [0.15, 0.2) is 0 Å². The molecule has 0 fully saturated rings. The van der Waals surface area contributed by atoms with Crippen molar-refractivity contribution in [2.75, 3.05) is 33.7 Å². The molecule has 3 unspecified atom stereocenters. The van der Waals surface area contributed by atoms with Crippen molar-refractivity contribution in [1.29, 1.82) is 0 Å². The minimum Gasteiger partial charge on any atom is -0.481 e. The van der Waals surface area contributed by atoms with Gasteiger partial charge in [0, 0.05) is 38.9 Å². The second-order valence-electron chi connectivity index (χ2n) is 16.8. The second-order valence-corrected chi connectivity index (χ2v) is 16.8. The van der Waals surface area contributed by atoms with Crippen molar-refractivity contribution < 1.29 is 53.7 Å². The SMILES string of the molecule is CC.CC.CC.[B]C(=O)CC.[B]NC(CCCCNC(=O)C(CCCCNC(=O)[C@H](CCCCNC(=O)CCC(NC(=O)CCCCCCCCCCCCCCCCC(=O)O)C(=O)O)NC)NC)C(=O)O. The molecule has 0 rings (SSSR count). The largest absolute Gasteiger partial charge is 0.481 e. The van der Waals surface area contributed by atoms with Crippen molar-refractivity contribution in [3.63, 3.8) is 0 Å². The summed E-state index contributed by atoms with van der Waals surface area (Å²) in [5.41, 5.74) is -0.245. The summed E-state index contributed by atoms with van der Waals surface area (Å²) in [5.74, 6) is -3.76. The molecule has 72 heavy (non-hydrogen) atoms. The van der Waals surface area contributed by atoms with Gasteiger partial charge in [0.2, 0.25) is 23.6 Å².